The van der Waals surface area contributed by atoms with Crippen molar-refractivity contribution in [3.05, 3.63) is 0 Å². The number of nitrogens with zero attached hydrogens (tertiary/aromatic N) is 1. The molecule has 2 fully saturated rings. The van der Waals surface area contributed by atoms with Gasteiger partial charge in [-0.2, -0.15) is 0 Å². The predicted octanol–water partition coefficient (Wildman–Crippen LogP) is 4.09. The molecule has 3 nitrogen and oxygen atoms in total. The summed E-state index contributed by atoms with van der Waals surface area (Å²) in [7, 11) is 0. The lowest BCUT2D eigenvalue weighted by Gasteiger charge is -2.31. The summed E-state index contributed by atoms with van der Waals surface area (Å²) in [5.74, 6) is 0. The minimum absolute atomic E-state index is 0.0283. The Hall–Kier alpha value is -0.350. The van der Waals surface area contributed by atoms with E-state index in [1.165, 1.54) is 70.6 Å². The number of thiocarbonyl (C=S) groups is 1. The van der Waals surface area contributed by atoms with Crippen LogP contribution >= 0.6 is 12.2 Å². The third kappa shape index (κ3) is 4.32. The zero-order chi connectivity index (χ0) is 14.4. The lowest BCUT2D eigenvalue weighted by atomic mass is 9.93. The lowest BCUT2D eigenvalue weighted by molar-refractivity contribution is 0.161. The molecule has 4 heteroatoms. The second-order valence-electron chi connectivity index (χ2n) is 6.77. The van der Waals surface area contributed by atoms with Crippen molar-refractivity contribution in [2.24, 2.45) is 0 Å². The Morgan fingerprint density at radius 3 is 1.75 bits per heavy atom. The maximum absolute atomic E-state index is 5.51. The van der Waals surface area contributed by atoms with E-state index in [1.54, 1.807) is 0 Å². The average Bonchev–Trinajstić information content (AvgIpc) is 2.72. The topological polar surface area (TPSA) is 27.3 Å². The van der Waals surface area contributed by atoms with Gasteiger partial charge in [0.15, 0.2) is 5.11 Å². The average molecular weight is 298 g/mol. The molecule has 1 spiro atoms. The zero-order valence-electron chi connectivity index (χ0n) is 13.2. The fraction of sp³-hybridized carbons (Fsp3) is 0.938. The van der Waals surface area contributed by atoms with Crippen LogP contribution in [0.5, 0.6) is 0 Å². The highest BCUT2D eigenvalue weighted by Crippen LogP contribution is 2.27. The smallest absolute Gasteiger partial charge is 0.185 e. The van der Waals surface area contributed by atoms with E-state index in [0.717, 1.165) is 5.11 Å². The van der Waals surface area contributed by atoms with Crippen molar-refractivity contribution < 1.29 is 0 Å². The highest BCUT2D eigenvalue weighted by molar-refractivity contribution is 7.80. The van der Waals surface area contributed by atoms with Gasteiger partial charge in [0, 0.05) is 6.04 Å². The van der Waals surface area contributed by atoms with Crippen LogP contribution in [0.2, 0.25) is 0 Å². The molecule has 1 heterocycles. The molecule has 2 rings (SSSR count). The molecular weight excluding hydrogens is 266 g/mol. The quantitative estimate of drug-likeness (QED) is 0.713. The van der Waals surface area contributed by atoms with Crippen LogP contribution in [0.1, 0.15) is 84.5 Å². The summed E-state index contributed by atoms with van der Waals surface area (Å²) in [6.07, 6.45) is 14.8. The summed E-state index contributed by atoms with van der Waals surface area (Å²) in [5.41, 5.74) is 3.72. The molecule has 116 valence electrons. The van der Waals surface area contributed by atoms with Crippen LogP contribution in [0.15, 0.2) is 0 Å². The summed E-state index contributed by atoms with van der Waals surface area (Å²) >= 11 is 5.51. The van der Waals surface area contributed by atoms with Crippen LogP contribution in [-0.4, -0.2) is 21.8 Å². The third-order valence-electron chi connectivity index (χ3n) is 4.62. The molecular formula is C16H31N3S. The number of nitrogens with one attached hydrogen (secondary N) is 2. The normalized spacial score (nSPS) is 25.4. The molecule has 2 aliphatic rings. The second-order valence-corrected chi connectivity index (χ2v) is 7.16. The van der Waals surface area contributed by atoms with Gasteiger partial charge >= 0.3 is 0 Å². The van der Waals surface area contributed by atoms with Crippen molar-refractivity contribution in [3.8, 4) is 0 Å². The Kier molecular flexibility index (Phi) is 6.09. The predicted molar refractivity (Wildman–Crippen MR) is 89.4 cm³/mol. The van der Waals surface area contributed by atoms with Crippen LogP contribution in [-0.2, 0) is 0 Å². The van der Waals surface area contributed by atoms with E-state index < -0.39 is 0 Å². The molecule has 0 bridgehead atoms. The number of rotatable bonds is 1. The minimum atomic E-state index is 0.0283. The van der Waals surface area contributed by atoms with Crippen LogP contribution < -0.4 is 10.7 Å². The van der Waals surface area contributed by atoms with E-state index in [4.69, 9.17) is 12.2 Å². The van der Waals surface area contributed by atoms with Gasteiger partial charge in [0.2, 0.25) is 0 Å². The molecule has 0 aromatic rings. The number of hydrazine groups is 1. The Morgan fingerprint density at radius 1 is 0.900 bits per heavy atom. The maximum Gasteiger partial charge on any atom is 0.185 e. The van der Waals surface area contributed by atoms with Crippen LogP contribution in [0, 0.1) is 0 Å². The molecule has 0 aromatic carbocycles. The van der Waals surface area contributed by atoms with Gasteiger partial charge < -0.3 is 5.32 Å². The molecule has 20 heavy (non-hydrogen) atoms. The minimum Gasteiger partial charge on any atom is -0.342 e. The van der Waals surface area contributed by atoms with E-state index in [2.05, 4.69) is 29.6 Å². The van der Waals surface area contributed by atoms with E-state index in [-0.39, 0.29) is 5.66 Å². The molecule has 0 aromatic heterocycles. The summed E-state index contributed by atoms with van der Waals surface area (Å²) in [6.45, 7) is 4.38. The van der Waals surface area contributed by atoms with Gasteiger partial charge in [-0.25, -0.2) is 5.43 Å². The lowest BCUT2D eigenvalue weighted by Crippen LogP contribution is -2.52. The Morgan fingerprint density at radius 2 is 1.35 bits per heavy atom. The highest BCUT2D eigenvalue weighted by atomic mass is 32.1. The number of hydrogen-bond acceptors (Lipinski definition) is 2. The Balaban J connectivity index is 1.96. The first-order valence-electron chi connectivity index (χ1n) is 8.52. The van der Waals surface area contributed by atoms with Gasteiger partial charge in [-0.3, -0.25) is 5.01 Å². The first-order valence-corrected chi connectivity index (χ1v) is 8.93. The van der Waals surface area contributed by atoms with Crippen LogP contribution in [0.3, 0.4) is 0 Å². The van der Waals surface area contributed by atoms with Crippen LogP contribution in [0.25, 0.3) is 0 Å². The van der Waals surface area contributed by atoms with Gasteiger partial charge in [0.1, 0.15) is 5.66 Å². The molecule has 2 N–H and O–H groups in total. The van der Waals surface area contributed by atoms with Crippen molar-refractivity contribution in [1.82, 2.24) is 15.8 Å². The number of hydrogen-bond donors (Lipinski definition) is 2. The SMILES string of the molecule is CC(C)N1NC2(CCCCCCCCCCC2)NC1=S. The monoisotopic (exact) mass is 297 g/mol. The van der Waals surface area contributed by atoms with Gasteiger partial charge in [0.05, 0.1) is 0 Å². The first kappa shape index (κ1) is 16.0. The second kappa shape index (κ2) is 7.60. The Labute approximate surface area is 129 Å². The van der Waals surface area contributed by atoms with Crippen molar-refractivity contribution in [3.63, 3.8) is 0 Å². The van der Waals surface area contributed by atoms with Crippen molar-refractivity contribution in [1.29, 1.82) is 0 Å². The largest absolute Gasteiger partial charge is 0.342 e. The highest BCUT2D eigenvalue weighted by Gasteiger charge is 2.39. The maximum atomic E-state index is 5.51. The van der Waals surface area contributed by atoms with E-state index in [9.17, 15) is 0 Å². The first-order chi connectivity index (χ1) is 9.63. The molecule has 0 amide bonds. The molecule has 0 radical (unpaired) electrons. The molecule has 1 saturated carbocycles. The zero-order valence-corrected chi connectivity index (χ0v) is 14.0. The third-order valence-corrected chi connectivity index (χ3v) is 4.92. The van der Waals surface area contributed by atoms with Crippen molar-refractivity contribution >= 4 is 17.3 Å². The molecule has 1 aliphatic carbocycles. The van der Waals surface area contributed by atoms with E-state index in [0.29, 0.717) is 6.04 Å². The van der Waals surface area contributed by atoms with Gasteiger partial charge in [-0.1, -0.05) is 44.9 Å². The fourth-order valence-electron chi connectivity index (χ4n) is 3.39. The van der Waals surface area contributed by atoms with Crippen molar-refractivity contribution in [2.75, 3.05) is 0 Å². The van der Waals surface area contributed by atoms with Gasteiger partial charge in [-0.15, -0.1) is 0 Å². The van der Waals surface area contributed by atoms with Gasteiger partial charge in [0.25, 0.3) is 0 Å². The van der Waals surface area contributed by atoms with E-state index in [1.807, 2.05) is 0 Å². The standard InChI is InChI=1S/C16H31N3S/c1-14(2)19-15(20)17-16(18-19)12-10-8-6-4-3-5-7-9-11-13-16/h14,18H,3-13H2,1-2H3,(H,17,20). The Bertz CT molecular complexity index is 305. The molecule has 0 atom stereocenters. The molecule has 1 aliphatic heterocycles. The van der Waals surface area contributed by atoms with Crippen LogP contribution in [0.4, 0.5) is 0 Å². The van der Waals surface area contributed by atoms with Gasteiger partial charge in [-0.05, 0) is 51.7 Å². The summed E-state index contributed by atoms with van der Waals surface area (Å²) in [5, 5.41) is 6.62. The molecule has 1 saturated heterocycles. The van der Waals surface area contributed by atoms with E-state index >= 15 is 0 Å². The molecule has 0 unspecified atom stereocenters. The van der Waals surface area contributed by atoms with Crippen molar-refractivity contribution in [2.45, 2.75) is 96.2 Å². The summed E-state index contributed by atoms with van der Waals surface area (Å²) < 4.78 is 0. The fourth-order valence-corrected chi connectivity index (χ4v) is 3.84. The summed E-state index contributed by atoms with van der Waals surface area (Å²) in [6, 6.07) is 0.413. The summed E-state index contributed by atoms with van der Waals surface area (Å²) in [4.78, 5) is 0.